The zero-order chi connectivity index (χ0) is 10.5. The van der Waals surface area contributed by atoms with Crippen molar-refractivity contribution in [1.82, 2.24) is 0 Å². The van der Waals surface area contributed by atoms with Crippen LogP contribution in [0.15, 0.2) is 0 Å². The molecule has 0 aromatic heterocycles. The Kier molecular flexibility index (Phi) is 17.2. The van der Waals surface area contributed by atoms with Gasteiger partial charge < -0.3 is 4.74 Å². The van der Waals surface area contributed by atoms with Gasteiger partial charge in [0, 0.05) is 13.2 Å². The first-order chi connectivity index (χ1) is 6.43. The molecule has 1 aliphatic rings. The second kappa shape index (κ2) is 14.5. The first-order valence-electron chi connectivity index (χ1n) is 6.01. The van der Waals surface area contributed by atoms with Crippen molar-refractivity contribution >= 4 is 0 Å². The number of rotatable bonds is 1. The summed E-state index contributed by atoms with van der Waals surface area (Å²) in [6.07, 6.45) is 5.29. The maximum absolute atomic E-state index is 5.33. The Bertz CT molecular complexity index is 63.5. The minimum absolute atomic E-state index is 0.951. The van der Waals surface area contributed by atoms with Gasteiger partial charge in [-0.2, -0.15) is 0 Å². The molecule has 0 aromatic carbocycles. The largest absolute Gasteiger partial charge is 0.381 e. The van der Waals surface area contributed by atoms with Crippen LogP contribution >= 0.6 is 0 Å². The highest BCUT2D eigenvalue weighted by atomic mass is 16.5. The van der Waals surface area contributed by atoms with Gasteiger partial charge in [-0.25, -0.2) is 0 Å². The van der Waals surface area contributed by atoms with E-state index in [-0.39, 0.29) is 0 Å². The van der Waals surface area contributed by atoms with Crippen LogP contribution in [0.3, 0.4) is 0 Å². The van der Waals surface area contributed by atoms with Crippen LogP contribution in [-0.2, 0) is 4.74 Å². The Hall–Kier alpha value is -0.0400. The molecule has 82 valence electrons. The molecule has 0 N–H and O–H groups in total. The molecule has 13 heavy (non-hydrogen) atoms. The van der Waals surface area contributed by atoms with E-state index < -0.39 is 0 Å². The molecule has 0 bridgehead atoms. The van der Waals surface area contributed by atoms with Crippen LogP contribution in [0.25, 0.3) is 0 Å². The van der Waals surface area contributed by atoms with E-state index in [1.54, 1.807) is 0 Å². The molecule has 1 rings (SSSR count). The molecular formula is C12H28O. The van der Waals surface area contributed by atoms with Crippen molar-refractivity contribution in [3.63, 3.8) is 0 Å². The van der Waals surface area contributed by atoms with E-state index in [0.717, 1.165) is 19.1 Å². The molecule has 0 radical (unpaired) electrons. The molecule has 1 unspecified atom stereocenters. The highest BCUT2D eigenvalue weighted by molar-refractivity contribution is 4.59. The minimum Gasteiger partial charge on any atom is -0.381 e. The number of ether oxygens (including phenoxy) is 1. The van der Waals surface area contributed by atoms with E-state index >= 15 is 0 Å². The lowest BCUT2D eigenvalue weighted by Gasteiger charge is -2.07. The summed E-state index contributed by atoms with van der Waals surface area (Å²) in [4.78, 5) is 0. The third kappa shape index (κ3) is 9.88. The second-order valence-corrected chi connectivity index (χ2v) is 2.82. The molecule has 0 saturated carbocycles. The maximum Gasteiger partial charge on any atom is 0.0468 e. The van der Waals surface area contributed by atoms with Crippen LogP contribution in [0.2, 0.25) is 0 Å². The van der Waals surface area contributed by atoms with Gasteiger partial charge in [-0.1, -0.05) is 41.0 Å². The van der Waals surface area contributed by atoms with Gasteiger partial charge in [-0.05, 0) is 25.2 Å². The lowest BCUT2D eigenvalue weighted by atomic mass is 9.98. The van der Waals surface area contributed by atoms with Gasteiger partial charge in [0.1, 0.15) is 0 Å². The molecule has 0 spiro atoms. The molecular weight excluding hydrogens is 160 g/mol. The van der Waals surface area contributed by atoms with Gasteiger partial charge in [-0.15, -0.1) is 0 Å². The Morgan fingerprint density at radius 3 is 2.15 bits per heavy atom. The first-order valence-corrected chi connectivity index (χ1v) is 6.01. The lowest BCUT2D eigenvalue weighted by molar-refractivity contribution is 0.141. The summed E-state index contributed by atoms with van der Waals surface area (Å²) < 4.78 is 5.33. The molecule has 1 aliphatic heterocycles. The van der Waals surface area contributed by atoms with Crippen LogP contribution in [0.1, 0.15) is 60.3 Å². The zero-order valence-corrected chi connectivity index (χ0v) is 10.2. The molecule has 0 aromatic rings. The zero-order valence-electron chi connectivity index (χ0n) is 10.2. The molecule has 1 heteroatoms. The minimum atomic E-state index is 0.951. The standard InChI is InChI=1S/C8H16O.2C2H6/c1-2-8-4-3-6-9-7-5-8;2*1-2/h8H,2-7H2,1H3;2*1-2H3. The monoisotopic (exact) mass is 188 g/mol. The van der Waals surface area contributed by atoms with Crippen molar-refractivity contribution in [3.8, 4) is 0 Å². The normalized spacial score (nSPS) is 21.5. The van der Waals surface area contributed by atoms with Crippen LogP contribution in [-0.4, -0.2) is 13.2 Å². The van der Waals surface area contributed by atoms with Gasteiger partial charge in [0.15, 0.2) is 0 Å². The third-order valence-corrected chi connectivity index (χ3v) is 2.15. The molecule has 1 atom stereocenters. The Morgan fingerprint density at radius 1 is 1.00 bits per heavy atom. The predicted molar refractivity (Wildman–Crippen MR) is 61.1 cm³/mol. The molecule has 1 heterocycles. The van der Waals surface area contributed by atoms with E-state index in [2.05, 4.69) is 6.92 Å². The first kappa shape index (κ1) is 15.4. The van der Waals surface area contributed by atoms with Gasteiger partial charge in [0.25, 0.3) is 0 Å². The summed E-state index contributed by atoms with van der Waals surface area (Å²) in [5, 5.41) is 0. The number of hydrogen-bond donors (Lipinski definition) is 0. The van der Waals surface area contributed by atoms with E-state index in [9.17, 15) is 0 Å². The smallest absolute Gasteiger partial charge is 0.0468 e. The Balaban J connectivity index is 0. The van der Waals surface area contributed by atoms with Crippen molar-refractivity contribution in [2.24, 2.45) is 5.92 Å². The average Bonchev–Trinajstić information content (AvgIpc) is 2.51. The summed E-state index contributed by atoms with van der Waals surface area (Å²) in [5.41, 5.74) is 0. The van der Waals surface area contributed by atoms with Crippen LogP contribution in [0.5, 0.6) is 0 Å². The maximum atomic E-state index is 5.33. The molecule has 0 amide bonds. The van der Waals surface area contributed by atoms with Crippen molar-refractivity contribution in [1.29, 1.82) is 0 Å². The van der Waals surface area contributed by atoms with Gasteiger partial charge in [0.05, 0.1) is 0 Å². The van der Waals surface area contributed by atoms with Crippen LogP contribution in [0.4, 0.5) is 0 Å². The highest BCUT2D eigenvalue weighted by Crippen LogP contribution is 2.17. The van der Waals surface area contributed by atoms with Crippen molar-refractivity contribution < 1.29 is 4.74 Å². The summed E-state index contributed by atoms with van der Waals surface area (Å²) in [5.74, 6) is 0.951. The number of hydrogen-bond acceptors (Lipinski definition) is 1. The highest BCUT2D eigenvalue weighted by Gasteiger charge is 2.08. The molecule has 1 nitrogen and oxygen atoms in total. The molecule has 1 saturated heterocycles. The fourth-order valence-corrected chi connectivity index (χ4v) is 1.38. The topological polar surface area (TPSA) is 9.23 Å². The van der Waals surface area contributed by atoms with Gasteiger partial charge in [-0.3, -0.25) is 0 Å². The third-order valence-electron chi connectivity index (χ3n) is 2.15. The molecule has 1 fully saturated rings. The summed E-state index contributed by atoms with van der Waals surface area (Å²) in [6, 6.07) is 0. The summed E-state index contributed by atoms with van der Waals surface area (Å²) in [6.45, 7) is 12.3. The van der Waals surface area contributed by atoms with E-state index in [0.29, 0.717) is 0 Å². The fraction of sp³-hybridized carbons (Fsp3) is 1.00. The summed E-state index contributed by atoms with van der Waals surface area (Å²) >= 11 is 0. The van der Waals surface area contributed by atoms with Gasteiger partial charge in [0.2, 0.25) is 0 Å². The lowest BCUT2D eigenvalue weighted by Crippen LogP contribution is -1.97. The van der Waals surface area contributed by atoms with Crippen LogP contribution in [0, 0.1) is 5.92 Å². The summed E-state index contributed by atoms with van der Waals surface area (Å²) in [7, 11) is 0. The van der Waals surface area contributed by atoms with Crippen molar-refractivity contribution in [2.75, 3.05) is 13.2 Å². The van der Waals surface area contributed by atoms with Gasteiger partial charge >= 0.3 is 0 Å². The average molecular weight is 188 g/mol. The van der Waals surface area contributed by atoms with E-state index in [1.807, 2.05) is 27.7 Å². The van der Waals surface area contributed by atoms with E-state index in [4.69, 9.17) is 4.74 Å². The van der Waals surface area contributed by atoms with E-state index in [1.165, 1.54) is 25.7 Å². The fourth-order valence-electron chi connectivity index (χ4n) is 1.38. The van der Waals surface area contributed by atoms with Crippen molar-refractivity contribution in [2.45, 2.75) is 60.3 Å². The Morgan fingerprint density at radius 2 is 1.62 bits per heavy atom. The van der Waals surface area contributed by atoms with Crippen LogP contribution < -0.4 is 0 Å². The van der Waals surface area contributed by atoms with Crippen molar-refractivity contribution in [3.05, 3.63) is 0 Å². The Labute approximate surface area is 84.9 Å². The SMILES string of the molecule is CC.CC.CCC1CCCOCC1. The quantitative estimate of drug-likeness (QED) is 0.597. The molecule has 0 aliphatic carbocycles. The second-order valence-electron chi connectivity index (χ2n) is 2.82. The predicted octanol–water partition coefficient (Wildman–Crippen LogP) is 4.27.